The number of hydrogen-bond donors (Lipinski definition) is 3. The first kappa shape index (κ1) is 16.6. The molecule has 1 aliphatic heterocycles. The molecule has 0 spiro atoms. The van der Waals surface area contributed by atoms with Crippen LogP contribution in [0.1, 0.15) is 36.8 Å². The first-order chi connectivity index (χ1) is 11.6. The van der Waals surface area contributed by atoms with Gasteiger partial charge in [-0.05, 0) is 49.3 Å². The van der Waals surface area contributed by atoms with Gasteiger partial charge in [0.05, 0.1) is 12.5 Å². The van der Waals surface area contributed by atoms with Gasteiger partial charge < -0.3 is 20.5 Å². The number of urea groups is 1. The number of aliphatic carboxylic acids is 1. The van der Waals surface area contributed by atoms with Crippen LogP contribution in [-0.2, 0) is 17.6 Å². The monoisotopic (exact) mass is 332 g/mol. The number of carbonyl (C=O) groups is 2. The second-order valence-electron chi connectivity index (χ2n) is 6.58. The third-order valence-electron chi connectivity index (χ3n) is 4.86. The predicted molar refractivity (Wildman–Crippen MR) is 89.3 cm³/mol. The fourth-order valence-corrected chi connectivity index (χ4v) is 3.44. The zero-order chi connectivity index (χ0) is 16.9. The molecule has 24 heavy (non-hydrogen) atoms. The summed E-state index contributed by atoms with van der Waals surface area (Å²) >= 11 is 0. The highest BCUT2D eigenvalue weighted by molar-refractivity contribution is 5.74. The summed E-state index contributed by atoms with van der Waals surface area (Å²) in [4.78, 5) is 22.9. The van der Waals surface area contributed by atoms with Crippen LogP contribution in [0, 0.1) is 5.92 Å². The lowest BCUT2D eigenvalue weighted by molar-refractivity contribution is -0.142. The van der Waals surface area contributed by atoms with Crippen LogP contribution in [0.2, 0.25) is 0 Å². The van der Waals surface area contributed by atoms with E-state index in [1.807, 2.05) is 12.1 Å². The van der Waals surface area contributed by atoms with Crippen LogP contribution in [-0.4, -0.2) is 36.3 Å². The highest BCUT2D eigenvalue weighted by Gasteiger charge is 2.26. The van der Waals surface area contributed by atoms with Crippen molar-refractivity contribution in [3.63, 3.8) is 0 Å². The Morgan fingerprint density at radius 2 is 2.00 bits per heavy atom. The van der Waals surface area contributed by atoms with Gasteiger partial charge in [-0.15, -0.1) is 0 Å². The Morgan fingerprint density at radius 1 is 1.21 bits per heavy atom. The van der Waals surface area contributed by atoms with E-state index in [9.17, 15) is 9.59 Å². The molecular weight excluding hydrogens is 308 g/mol. The molecule has 2 aliphatic rings. The van der Waals surface area contributed by atoms with Crippen molar-refractivity contribution in [2.45, 2.75) is 44.6 Å². The van der Waals surface area contributed by atoms with Crippen LogP contribution in [0.5, 0.6) is 5.75 Å². The van der Waals surface area contributed by atoms with Gasteiger partial charge in [0.1, 0.15) is 5.75 Å². The average molecular weight is 332 g/mol. The first-order valence-electron chi connectivity index (χ1n) is 8.63. The summed E-state index contributed by atoms with van der Waals surface area (Å²) in [7, 11) is 0. The third-order valence-corrected chi connectivity index (χ3v) is 4.86. The van der Waals surface area contributed by atoms with Crippen molar-refractivity contribution in [3.05, 3.63) is 29.3 Å². The van der Waals surface area contributed by atoms with E-state index < -0.39 is 5.97 Å². The average Bonchev–Trinajstić information content (AvgIpc) is 3.03. The molecule has 3 N–H and O–H groups in total. The Kier molecular flexibility index (Phi) is 5.23. The molecule has 130 valence electrons. The molecule has 0 radical (unpaired) electrons. The molecule has 0 atom stereocenters. The Hall–Kier alpha value is -2.24. The van der Waals surface area contributed by atoms with Crippen LogP contribution in [0.15, 0.2) is 18.2 Å². The van der Waals surface area contributed by atoms with Gasteiger partial charge in [-0.1, -0.05) is 12.1 Å². The van der Waals surface area contributed by atoms with Crippen molar-refractivity contribution in [3.8, 4) is 5.75 Å². The topological polar surface area (TPSA) is 87.7 Å². The Bertz CT molecular complexity index is 609. The normalized spacial score (nSPS) is 22.3. The summed E-state index contributed by atoms with van der Waals surface area (Å²) in [6, 6.07) is 6.10. The standard InChI is InChI=1S/C18H24N2O4/c21-17(22)13-2-4-15(5-3-13)20-18(23)19-9-7-12-1-6-16-14(11-12)8-10-24-16/h1,6,11,13,15H,2-5,7-10H2,(H,21,22)(H2,19,20,23). The minimum Gasteiger partial charge on any atom is -0.493 e. The minimum absolute atomic E-state index is 0.0812. The van der Waals surface area contributed by atoms with Gasteiger partial charge >= 0.3 is 12.0 Å². The summed E-state index contributed by atoms with van der Waals surface area (Å²) in [6.45, 7) is 1.33. The highest BCUT2D eigenvalue weighted by atomic mass is 16.5. The van der Waals surface area contributed by atoms with E-state index in [-0.39, 0.29) is 18.0 Å². The number of carboxylic acids is 1. The van der Waals surface area contributed by atoms with Gasteiger partial charge in [0.15, 0.2) is 0 Å². The van der Waals surface area contributed by atoms with Gasteiger partial charge in [-0.3, -0.25) is 4.79 Å². The molecule has 0 aromatic heterocycles. The fourth-order valence-electron chi connectivity index (χ4n) is 3.44. The maximum absolute atomic E-state index is 11.9. The maximum atomic E-state index is 11.9. The van der Waals surface area contributed by atoms with Crippen molar-refractivity contribution in [1.29, 1.82) is 0 Å². The number of nitrogens with one attached hydrogen (secondary N) is 2. The fraction of sp³-hybridized carbons (Fsp3) is 0.556. The summed E-state index contributed by atoms with van der Waals surface area (Å²) in [5, 5.41) is 14.8. The van der Waals surface area contributed by atoms with Gasteiger partial charge in [-0.2, -0.15) is 0 Å². The molecule has 6 nitrogen and oxygen atoms in total. The van der Waals surface area contributed by atoms with Crippen molar-refractivity contribution >= 4 is 12.0 Å². The summed E-state index contributed by atoms with van der Waals surface area (Å²) in [6.07, 6.45) is 4.47. The van der Waals surface area contributed by atoms with E-state index in [1.54, 1.807) is 0 Å². The molecule has 0 unspecified atom stereocenters. The van der Waals surface area contributed by atoms with Crippen LogP contribution < -0.4 is 15.4 Å². The van der Waals surface area contributed by atoms with Crippen molar-refractivity contribution in [2.75, 3.05) is 13.2 Å². The van der Waals surface area contributed by atoms with Gasteiger partial charge in [0, 0.05) is 19.0 Å². The van der Waals surface area contributed by atoms with Gasteiger partial charge in [0.25, 0.3) is 0 Å². The molecule has 1 aromatic rings. The molecule has 1 aliphatic carbocycles. The lowest BCUT2D eigenvalue weighted by Crippen LogP contribution is -2.44. The highest BCUT2D eigenvalue weighted by Crippen LogP contribution is 2.26. The summed E-state index contributed by atoms with van der Waals surface area (Å²) < 4.78 is 5.49. The zero-order valence-corrected chi connectivity index (χ0v) is 13.7. The SMILES string of the molecule is O=C(NCCc1ccc2c(c1)CCO2)NC1CCC(C(=O)O)CC1. The number of amides is 2. The molecule has 0 bridgehead atoms. The Labute approximate surface area is 141 Å². The molecule has 1 saturated carbocycles. The molecule has 3 rings (SSSR count). The second kappa shape index (κ2) is 7.55. The molecule has 2 amide bonds. The second-order valence-corrected chi connectivity index (χ2v) is 6.58. The van der Waals surface area contributed by atoms with Crippen molar-refractivity contribution in [1.82, 2.24) is 10.6 Å². The number of fused-ring (bicyclic) bond motifs is 1. The largest absolute Gasteiger partial charge is 0.493 e. The lowest BCUT2D eigenvalue weighted by atomic mass is 9.86. The zero-order valence-electron chi connectivity index (χ0n) is 13.7. The molecule has 6 heteroatoms. The number of hydrogen-bond acceptors (Lipinski definition) is 3. The number of benzene rings is 1. The van der Waals surface area contributed by atoms with Crippen LogP contribution in [0.3, 0.4) is 0 Å². The predicted octanol–water partition coefficient (Wildman–Crippen LogP) is 2.11. The van der Waals surface area contributed by atoms with Crippen molar-refractivity contribution in [2.24, 2.45) is 5.92 Å². The van der Waals surface area contributed by atoms with Gasteiger partial charge in [0.2, 0.25) is 0 Å². The Balaban J connectivity index is 1.36. The number of rotatable bonds is 5. The molecule has 0 saturated heterocycles. The molecule has 1 fully saturated rings. The van der Waals surface area contributed by atoms with E-state index in [2.05, 4.69) is 16.7 Å². The van der Waals surface area contributed by atoms with Crippen LogP contribution >= 0.6 is 0 Å². The van der Waals surface area contributed by atoms with E-state index in [0.717, 1.165) is 38.0 Å². The quantitative estimate of drug-likeness (QED) is 0.770. The first-order valence-corrected chi connectivity index (χ1v) is 8.63. The number of ether oxygens (including phenoxy) is 1. The smallest absolute Gasteiger partial charge is 0.315 e. The maximum Gasteiger partial charge on any atom is 0.315 e. The van der Waals surface area contributed by atoms with E-state index in [0.29, 0.717) is 19.4 Å². The molecular formula is C18H24N2O4. The summed E-state index contributed by atoms with van der Waals surface area (Å²) in [5.41, 5.74) is 2.44. The number of carboxylic acid groups (broad SMARTS) is 1. The van der Waals surface area contributed by atoms with Crippen molar-refractivity contribution < 1.29 is 19.4 Å². The molecule has 1 aromatic carbocycles. The number of carbonyl (C=O) groups excluding carboxylic acids is 1. The summed E-state index contributed by atoms with van der Waals surface area (Å²) in [5.74, 6) is -0.00559. The van der Waals surface area contributed by atoms with Crippen LogP contribution in [0.4, 0.5) is 4.79 Å². The third kappa shape index (κ3) is 4.19. The minimum atomic E-state index is -0.724. The van der Waals surface area contributed by atoms with Gasteiger partial charge in [-0.25, -0.2) is 4.79 Å². The Morgan fingerprint density at radius 3 is 2.75 bits per heavy atom. The van der Waals surface area contributed by atoms with E-state index in [1.165, 1.54) is 11.1 Å². The van der Waals surface area contributed by atoms with E-state index in [4.69, 9.17) is 9.84 Å². The van der Waals surface area contributed by atoms with E-state index >= 15 is 0 Å². The molecule has 1 heterocycles. The van der Waals surface area contributed by atoms with Crippen LogP contribution in [0.25, 0.3) is 0 Å². The lowest BCUT2D eigenvalue weighted by Gasteiger charge is -2.26.